The lowest BCUT2D eigenvalue weighted by Gasteiger charge is -2.31. The molecule has 15 heavy (non-hydrogen) atoms. The Morgan fingerprint density at radius 3 is 1.80 bits per heavy atom. The molecule has 0 spiro atoms. The van der Waals surface area contributed by atoms with Gasteiger partial charge in [0.1, 0.15) is 0 Å². The van der Waals surface area contributed by atoms with E-state index in [0.29, 0.717) is 24.3 Å². The zero-order valence-electron chi connectivity index (χ0n) is 10.9. The second-order valence-electron chi connectivity index (χ2n) is 5.27. The molecule has 0 aliphatic carbocycles. The molecule has 0 bridgehead atoms. The van der Waals surface area contributed by atoms with E-state index in [1.165, 1.54) is 0 Å². The molecule has 0 aliphatic heterocycles. The fourth-order valence-electron chi connectivity index (χ4n) is 1.82. The molecule has 0 amide bonds. The Kier molecular flexibility index (Phi) is 7.67. The fraction of sp³-hybridized carbons (Fsp3) is 0.923. The second kappa shape index (κ2) is 7.86. The van der Waals surface area contributed by atoms with Crippen LogP contribution in [0.3, 0.4) is 0 Å². The summed E-state index contributed by atoms with van der Waals surface area (Å²) in [7, 11) is 0. The van der Waals surface area contributed by atoms with Gasteiger partial charge in [-0.3, -0.25) is 4.79 Å². The topological polar surface area (TPSA) is 20.3 Å². The molecule has 0 aromatic rings. The largest absolute Gasteiger partial charge is 0.300 e. The first-order valence-electron chi connectivity index (χ1n) is 6.06. The van der Waals surface area contributed by atoms with Gasteiger partial charge in [-0.25, -0.2) is 0 Å². The first-order valence-corrected chi connectivity index (χ1v) is 6.06. The van der Waals surface area contributed by atoms with Gasteiger partial charge in [0.2, 0.25) is 0 Å². The zero-order valence-corrected chi connectivity index (χ0v) is 10.9. The molecule has 0 heterocycles. The maximum absolute atomic E-state index is 10.2. The van der Waals surface area contributed by atoms with Crippen LogP contribution in [0.2, 0.25) is 0 Å². The van der Waals surface area contributed by atoms with Crippen molar-refractivity contribution in [3.05, 3.63) is 0 Å². The van der Waals surface area contributed by atoms with Crippen LogP contribution in [-0.4, -0.2) is 30.3 Å². The van der Waals surface area contributed by atoms with Crippen molar-refractivity contribution < 1.29 is 4.79 Å². The Hall–Kier alpha value is -0.370. The van der Waals surface area contributed by atoms with Crippen molar-refractivity contribution in [1.29, 1.82) is 0 Å². The van der Waals surface area contributed by atoms with Crippen LogP contribution in [0, 0.1) is 11.8 Å². The average molecular weight is 212 g/mol. The molecule has 0 fully saturated rings. The van der Waals surface area contributed by atoms with Crippen molar-refractivity contribution in [3.8, 4) is 0 Å². The Morgan fingerprint density at radius 1 is 1.00 bits per heavy atom. The minimum Gasteiger partial charge on any atom is -0.300 e. The quantitative estimate of drug-likeness (QED) is 0.616. The molecule has 0 aromatic carbocycles. The molecule has 1 radical (unpaired) electrons. The minimum atomic E-state index is 0.497. The maximum Gasteiger partial charge on any atom is 0.198 e. The van der Waals surface area contributed by atoms with Crippen LogP contribution in [0.4, 0.5) is 0 Å². The Labute approximate surface area is 95.0 Å². The molecule has 0 rings (SSSR count). The average Bonchev–Trinajstić information content (AvgIpc) is 2.11. The number of carbonyl (C=O) groups excluding carboxylic acids is 1. The highest BCUT2D eigenvalue weighted by Crippen LogP contribution is 2.11. The number of nitrogens with zero attached hydrogens (tertiary/aromatic N) is 1. The number of hydrogen-bond acceptors (Lipinski definition) is 2. The van der Waals surface area contributed by atoms with Crippen LogP contribution >= 0.6 is 0 Å². The number of hydrogen-bond donors (Lipinski definition) is 0. The highest BCUT2D eigenvalue weighted by atomic mass is 16.1. The third-order valence-corrected chi connectivity index (χ3v) is 2.49. The van der Waals surface area contributed by atoms with Crippen LogP contribution in [0.25, 0.3) is 0 Å². The van der Waals surface area contributed by atoms with E-state index in [0.717, 1.165) is 19.5 Å². The number of rotatable bonds is 8. The van der Waals surface area contributed by atoms with Crippen molar-refractivity contribution in [2.45, 2.75) is 53.5 Å². The first kappa shape index (κ1) is 14.6. The summed E-state index contributed by atoms with van der Waals surface area (Å²) in [6.45, 7) is 13.4. The predicted molar refractivity (Wildman–Crippen MR) is 65.6 cm³/mol. The van der Waals surface area contributed by atoms with Crippen LogP contribution in [0.1, 0.15) is 47.5 Å². The summed E-state index contributed by atoms with van der Waals surface area (Å²) in [4.78, 5) is 12.7. The molecule has 1 unspecified atom stereocenters. The maximum atomic E-state index is 10.2. The lowest BCUT2D eigenvalue weighted by molar-refractivity contribution is 0.160. The molecule has 0 aromatic heterocycles. The third kappa shape index (κ3) is 7.55. The van der Waals surface area contributed by atoms with Crippen LogP contribution in [-0.2, 0) is 4.79 Å². The van der Waals surface area contributed by atoms with Gasteiger partial charge in [0.05, 0.1) is 0 Å². The summed E-state index contributed by atoms with van der Waals surface area (Å²) in [6.07, 6.45) is 3.48. The monoisotopic (exact) mass is 212 g/mol. The standard InChI is InChI=1S/C13H26NO/c1-11(2)9-14(10-12(3)4)13(5)7-6-8-15/h11-13H,6-7,9-10H2,1-5H3. The van der Waals surface area contributed by atoms with Crippen molar-refractivity contribution in [3.63, 3.8) is 0 Å². The van der Waals surface area contributed by atoms with Gasteiger partial charge in [0, 0.05) is 25.6 Å². The second-order valence-corrected chi connectivity index (χ2v) is 5.27. The Balaban J connectivity index is 4.13. The molecule has 89 valence electrons. The summed E-state index contributed by atoms with van der Waals surface area (Å²) < 4.78 is 0. The minimum absolute atomic E-state index is 0.497. The van der Waals surface area contributed by atoms with E-state index in [-0.39, 0.29) is 0 Å². The molecule has 0 saturated heterocycles. The van der Waals surface area contributed by atoms with E-state index in [4.69, 9.17) is 0 Å². The van der Waals surface area contributed by atoms with Crippen LogP contribution in [0.5, 0.6) is 0 Å². The molecule has 2 nitrogen and oxygen atoms in total. The summed E-state index contributed by atoms with van der Waals surface area (Å²) >= 11 is 0. The lowest BCUT2D eigenvalue weighted by atomic mass is 10.1. The van der Waals surface area contributed by atoms with E-state index in [2.05, 4.69) is 39.5 Å². The van der Waals surface area contributed by atoms with Crippen LogP contribution < -0.4 is 0 Å². The van der Waals surface area contributed by atoms with E-state index < -0.39 is 0 Å². The molecule has 2 heteroatoms. The fourth-order valence-corrected chi connectivity index (χ4v) is 1.82. The summed E-state index contributed by atoms with van der Waals surface area (Å²) in [5, 5.41) is 0. The van der Waals surface area contributed by atoms with E-state index in [1.807, 2.05) is 6.29 Å². The summed E-state index contributed by atoms with van der Waals surface area (Å²) in [6, 6.07) is 0.497. The molecule has 0 aliphatic rings. The van der Waals surface area contributed by atoms with Gasteiger partial charge in [0.25, 0.3) is 0 Å². The zero-order chi connectivity index (χ0) is 11.8. The molecule has 1 atom stereocenters. The van der Waals surface area contributed by atoms with Gasteiger partial charge in [-0.2, -0.15) is 0 Å². The molecular formula is C13H26NO. The Morgan fingerprint density at radius 2 is 1.47 bits per heavy atom. The highest BCUT2D eigenvalue weighted by molar-refractivity contribution is 5.50. The van der Waals surface area contributed by atoms with Crippen molar-refractivity contribution >= 4 is 6.29 Å². The summed E-state index contributed by atoms with van der Waals surface area (Å²) in [5.41, 5.74) is 0. The van der Waals surface area contributed by atoms with Gasteiger partial charge >= 0.3 is 0 Å². The molecule has 0 N–H and O–H groups in total. The molecular weight excluding hydrogens is 186 g/mol. The van der Waals surface area contributed by atoms with Gasteiger partial charge in [-0.1, -0.05) is 27.7 Å². The Bertz CT molecular complexity index is 156. The lowest BCUT2D eigenvalue weighted by Crippen LogP contribution is -2.38. The normalized spacial score (nSPS) is 13.9. The predicted octanol–water partition coefficient (Wildman–Crippen LogP) is 2.88. The van der Waals surface area contributed by atoms with Gasteiger partial charge in [-0.05, 0) is 25.2 Å². The highest BCUT2D eigenvalue weighted by Gasteiger charge is 2.15. The first-order chi connectivity index (χ1) is 6.97. The SMILES string of the molecule is CC(C)CN(CC(C)C)C(C)CC[C]=O. The van der Waals surface area contributed by atoms with Crippen LogP contribution in [0.15, 0.2) is 0 Å². The molecule has 0 saturated carbocycles. The third-order valence-electron chi connectivity index (χ3n) is 2.49. The van der Waals surface area contributed by atoms with Gasteiger partial charge < -0.3 is 4.90 Å². The van der Waals surface area contributed by atoms with Crippen molar-refractivity contribution in [2.75, 3.05) is 13.1 Å². The van der Waals surface area contributed by atoms with E-state index in [1.54, 1.807) is 0 Å². The van der Waals surface area contributed by atoms with E-state index in [9.17, 15) is 4.79 Å². The van der Waals surface area contributed by atoms with Crippen molar-refractivity contribution in [1.82, 2.24) is 4.90 Å². The summed E-state index contributed by atoms with van der Waals surface area (Å²) in [5.74, 6) is 1.37. The van der Waals surface area contributed by atoms with Gasteiger partial charge in [0.15, 0.2) is 6.29 Å². The van der Waals surface area contributed by atoms with Gasteiger partial charge in [-0.15, -0.1) is 0 Å². The van der Waals surface area contributed by atoms with E-state index >= 15 is 0 Å². The van der Waals surface area contributed by atoms with Crippen molar-refractivity contribution in [2.24, 2.45) is 11.8 Å². The smallest absolute Gasteiger partial charge is 0.198 e.